The number of aryl methyl sites for hydroxylation is 2. The second-order valence-corrected chi connectivity index (χ2v) is 4.86. The molecule has 22 heavy (non-hydrogen) atoms. The lowest BCUT2D eigenvalue weighted by Gasteiger charge is -2.09. The summed E-state index contributed by atoms with van der Waals surface area (Å²) in [5.41, 5.74) is 2.35. The number of hydrogen-bond acceptors (Lipinski definition) is 2. The van der Waals surface area contributed by atoms with Gasteiger partial charge in [-0.25, -0.2) is 8.78 Å². The average molecular weight is 304 g/mol. The molecule has 0 fully saturated rings. The molecule has 0 aliphatic heterocycles. The first kappa shape index (κ1) is 15.6. The van der Waals surface area contributed by atoms with Crippen LogP contribution in [0.2, 0.25) is 0 Å². The maximum Gasteiger partial charge on any atom is 0.314 e. The molecule has 0 atom stereocenters. The fraction of sp³-hybridized carbons (Fsp3) is 0.125. The number of halogens is 2. The molecule has 0 radical (unpaired) electrons. The largest absolute Gasteiger partial charge is 0.318 e. The second-order valence-electron chi connectivity index (χ2n) is 4.86. The summed E-state index contributed by atoms with van der Waals surface area (Å²) in [6.45, 7) is 3.71. The third-order valence-electron chi connectivity index (χ3n) is 3.01. The molecule has 0 unspecified atom stereocenters. The highest BCUT2D eigenvalue weighted by molar-refractivity contribution is 6.43. The minimum Gasteiger partial charge on any atom is -0.318 e. The van der Waals surface area contributed by atoms with Gasteiger partial charge in [-0.3, -0.25) is 9.59 Å². The average Bonchev–Trinajstić information content (AvgIpc) is 2.45. The first-order valence-corrected chi connectivity index (χ1v) is 6.51. The Morgan fingerprint density at radius 2 is 1.55 bits per heavy atom. The van der Waals surface area contributed by atoms with Gasteiger partial charge in [-0.1, -0.05) is 17.7 Å². The fourth-order valence-corrected chi connectivity index (χ4v) is 1.89. The summed E-state index contributed by atoms with van der Waals surface area (Å²) in [5, 5.41) is 4.67. The van der Waals surface area contributed by atoms with Crippen molar-refractivity contribution in [2.24, 2.45) is 0 Å². The molecule has 0 spiro atoms. The van der Waals surface area contributed by atoms with Crippen LogP contribution in [0.15, 0.2) is 36.4 Å². The summed E-state index contributed by atoms with van der Waals surface area (Å²) >= 11 is 0. The third kappa shape index (κ3) is 3.66. The van der Waals surface area contributed by atoms with Crippen molar-refractivity contribution in [2.45, 2.75) is 13.8 Å². The van der Waals surface area contributed by atoms with Gasteiger partial charge in [0.05, 0.1) is 0 Å². The van der Waals surface area contributed by atoms with Crippen LogP contribution in [0.1, 0.15) is 11.1 Å². The van der Waals surface area contributed by atoms with Gasteiger partial charge in [0.2, 0.25) is 0 Å². The van der Waals surface area contributed by atoms with Crippen LogP contribution >= 0.6 is 0 Å². The van der Waals surface area contributed by atoms with E-state index in [1.807, 2.05) is 13.0 Å². The van der Waals surface area contributed by atoms with Crippen molar-refractivity contribution >= 4 is 23.2 Å². The molecule has 4 nitrogen and oxygen atoms in total. The molecule has 0 aromatic heterocycles. The van der Waals surface area contributed by atoms with Crippen molar-refractivity contribution in [3.63, 3.8) is 0 Å². The van der Waals surface area contributed by atoms with E-state index in [2.05, 4.69) is 10.6 Å². The Balaban J connectivity index is 2.05. The molecule has 6 heteroatoms. The molecule has 2 amide bonds. The minimum absolute atomic E-state index is 0.000298. The lowest BCUT2D eigenvalue weighted by molar-refractivity contribution is -0.133. The Hall–Kier alpha value is -2.76. The van der Waals surface area contributed by atoms with Gasteiger partial charge < -0.3 is 10.6 Å². The van der Waals surface area contributed by atoms with Gasteiger partial charge in [-0.2, -0.15) is 0 Å². The lowest BCUT2D eigenvalue weighted by atomic mass is 10.1. The second kappa shape index (κ2) is 6.34. The Morgan fingerprint density at radius 3 is 2.18 bits per heavy atom. The van der Waals surface area contributed by atoms with E-state index in [9.17, 15) is 18.4 Å². The molecule has 0 saturated heterocycles. The maximum atomic E-state index is 13.0. The zero-order chi connectivity index (χ0) is 16.3. The van der Waals surface area contributed by atoms with E-state index in [4.69, 9.17) is 0 Å². The zero-order valence-electron chi connectivity index (χ0n) is 12.0. The topological polar surface area (TPSA) is 58.2 Å². The van der Waals surface area contributed by atoms with Crippen molar-refractivity contribution in [1.29, 1.82) is 0 Å². The number of benzene rings is 2. The van der Waals surface area contributed by atoms with E-state index in [0.29, 0.717) is 5.69 Å². The number of amides is 2. The number of carbonyl (C=O) groups is 2. The predicted octanol–water partition coefficient (Wildman–Crippen LogP) is 3.16. The minimum atomic E-state index is -1.10. The van der Waals surface area contributed by atoms with Crippen molar-refractivity contribution in [1.82, 2.24) is 0 Å². The number of anilines is 2. The fourth-order valence-electron chi connectivity index (χ4n) is 1.89. The van der Waals surface area contributed by atoms with Gasteiger partial charge in [0, 0.05) is 17.4 Å². The highest BCUT2D eigenvalue weighted by Gasteiger charge is 2.15. The van der Waals surface area contributed by atoms with Crippen LogP contribution in [0.4, 0.5) is 20.2 Å². The summed E-state index contributed by atoms with van der Waals surface area (Å²) in [4.78, 5) is 23.6. The SMILES string of the molecule is Cc1ccc(NC(=O)C(=O)Nc2ccc(F)c(F)c2)c(C)c1. The molecule has 114 valence electrons. The van der Waals surface area contributed by atoms with Crippen LogP contribution in [-0.4, -0.2) is 11.8 Å². The Kier molecular flexibility index (Phi) is 4.50. The van der Waals surface area contributed by atoms with E-state index in [-0.39, 0.29) is 5.69 Å². The normalized spacial score (nSPS) is 10.2. The number of rotatable bonds is 2. The van der Waals surface area contributed by atoms with Gasteiger partial charge in [0.25, 0.3) is 0 Å². The molecule has 0 aliphatic rings. The standard InChI is InChI=1S/C16H14F2N2O2/c1-9-3-6-14(10(2)7-9)20-16(22)15(21)19-11-4-5-12(17)13(18)8-11/h3-8H,1-2H3,(H,19,21)(H,20,22). The van der Waals surface area contributed by atoms with Crippen LogP contribution < -0.4 is 10.6 Å². The van der Waals surface area contributed by atoms with E-state index in [1.165, 1.54) is 6.07 Å². The van der Waals surface area contributed by atoms with Gasteiger partial charge in [-0.15, -0.1) is 0 Å². The van der Waals surface area contributed by atoms with Crippen LogP contribution in [0.3, 0.4) is 0 Å². The molecule has 2 aromatic carbocycles. The van der Waals surface area contributed by atoms with E-state index in [0.717, 1.165) is 23.3 Å². The zero-order valence-corrected chi connectivity index (χ0v) is 12.0. The van der Waals surface area contributed by atoms with Gasteiger partial charge in [0.1, 0.15) is 0 Å². The van der Waals surface area contributed by atoms with Gasteiger partial charge in [-0.05, 0) is 37.6 Å². The van der Waals surface area contributed by atoms with Gasteiger partial charge >= 0.3 is 11.8 Å². The Morgan fingerprint density at radius 1 is 0.864 bits per heavy atom. The Labute approximate surface area is 126 Å². The highest BCUT2D eigenvalue weighted by atomic mass is 19.2. The van der Waals surface area contributed by atoms with Crippen LogP contribution in [-0.2, 0) is 9.59 Å². The molecular weight excluding hydrogens is 290 g/mol. The van der Waals surface area contributed by atoms with Crippen molar-refractivity contribution in [2.75, 3.05) is 10.6 Å². The van der Waals surface area contributed by atoms with Crippen LogP contribution in [0.5, 0.6) is 0 Å². The first-order valence-electron chi connectivity index (χ1n) is 6.51. The van der Waals surface area contributed by atoms with Crippen molar-refractivity contribution < 1.29 is 18.4 Å². The molecule has 0 heterocycles. The summed E-state index contributed by atoms with van der Waals surface area (Å²) < 4.78 is 25.8. The predicted molar refractivity (Wildman–Crippen MR) is 79.5 cm³/mol. The molecule has 2 aromatic rings. The first-order chi connectivity index (χ1) is 10.4. The number of carbonyl (C=O) groups excluding carboxylic acids is 2. The maximum absolute atomic E-state index is 13.0. The molecule has 0 aliphatic carbocycles. The van der Waals surface area contributed by atoms with Crippen molar-refractivity contribution in [3.05, 3.63) is 59.2 Å². The van der Waals surface area contributed by atoms with E-state index < -0.39 is 23.4 Å². The lowest BCUT2D eigenvalue weighted by Crippen LogP contribution is -2.29. The number of nitrogens with one attached hydrogen (secondary N) is 2. The van der Waals surface area contributed by atoms with Crippen molar-refractivity contribution in [3.8, 4) is 0 Å². The van der Waals surface area contributed by atoms with Crippen LogP contribution in [0, 0.1) is 25.5 Å². The van der Waals surface area contributed by atoms with E-state index in [1.54, 1.807) is 19.1 Å². The Bertz CT molecular complexity index is 745. The van der Waals surface area contributed by atoms with Gasteiger partial charge in [0.15, 0.2) is 11.6 Å². The molecule has 2 rings (SSSR count). The van der Waals surface area contributed by atoms with Crippen LogP contribution in [0.25, 0.3) is 0 Å². The smallest absolute Gasteiger partial charge is 0.314 e. The summed E-state index contributed by atoms with van der Waals surface area (Å²) in [7, 11) is 0. The summed E-state index contributed by atoms with van der Waals surface area (Å²) in [6.07, 6.45) is 0. The third-order valence-corrected chi connectivity index (χ3v) is 3.01. The van der Waals surface area contributed by atoms with E-state index >= 15 is 0 Å². The molecule has 0 saturated carbocycles. The monoisotopic (exact) mass is 304 g/mol. The summed E-state index contributed by atoms with van der Waals surface area (Å²) in [6, 6.07) is 8.19. The number of hydrogen-bond donors (Lipinski definition) is 2. The molecular formula is C16H14F2N2O2. The highest BCUT2D eigenvalue weighted by Crippen LogP contribution is 2.16. The quantitative estimate of drug-likeness (QED) is 0.837. The molecule has 0 bridgehead atoms. The molecule has 2 N–H and O–H groups in total. The summed E-state index contributed by atoms with van der Waals surface area (Å²) in [5.74, 6) is -3.99.